The van der Waals surface area contributed by atoms with E-state index in [0.29, 0.717) is 24.0 Å². The number of furan rings is 1. The Morgan fingerprint density at radius 2 is 2.44 bits per heavy atom. The summed E-state index contributed by atoms with van der Waals surface area (Å²) < 4.78 is 5.37. The molecule has 2 heterocycles. The first-order valence-corrected chi connectivity index (χ1v) is 5.78. The van der Waals surface area contributed by atoms with E-state index in [9.17, 15) is 4.79 Å². The van der Waals surface area contributed by atoms with Gasteiger partial charge in [0.15, 0.2) is 5.76 Å². The minimum absolute atomic E-state index is 0.00810. The van der Waals surface area contributed by atoms with Crippen LogP contribution in [0, 0.1) is 5.92 Å². The molecular weight excluding hydrogens is 204 g/mol. The maximum atomic E-state index is 12.1. The van der Waals surface area contributed by atoms with Gasteiger partial charge in [0.2, 0.25) is 0 Å². The summed E-state index contributed by atoms with van der Waals surface area (Å²) in [5.41, 5.74) is 5.45. The van der Waals surface area contributed by atoms with Crippen LogP contribution in [0.3, 0.4) is 0 Å². The second kappa shape index (κ2) is 4.70. The Labute approximate surface area is 95.4 Å². The maximum absolute atomic E-state index is 12.1. The average molecular weight is 222 g/mol. The van der Waals surface area contributed by atoms with Gasteiger partial charge in [-0.1, -0.05) is 6.92 Å². The first-order valence-electron chi connectivity index (χ1n) is 5.78. The lowest BCUT2D eigenvalue weighted by Gasteiger charge is -2.30. The monoisotopic (exact) mass is 222 g/mol. The van der Waals surface area contributed by atoms with Crippen molar-refractivity contribution < 1.29 is 9.21 Å². The van der Waals surface area contributed by atoms with Crippen molar-refractivity contribution in [2.45, 2.75) is 26.3 Å². The highest BCUT2D eigenvalue weighted by Gasteiger charge is 2.23. The van der Waals surface area contributed by atoms with Crippen molar-refractivity contribution in [3.63, 3.8) is 0 Å². The lowest BCUT2D eigenvalue weighted by molar-refractivity contribution is 0.0649. The second-order valence-corrected chi connectivity index (χ2v) is 4.47. The molecule has 0 aromatic carbocycles. The van der Waals surface area contributed by atoms with Gasteiger partial charge in [-0.05, 0) is 30.9 Å². The van der Waals surface area contributed by atoms with E-state index in [1.807, 2.05) is 4.90 Å². The van der Waals surface area contributed by atoms with Crippen molar-refractivity contribution in [3.8, 4) is 0 Å². The number of nitrogens with two attached hydrogens (primary N) is 1. The van der Waals surface area contributed by atoms with Crippen LogP contribution in [0.2, 0.25) is 0 Å². The molecular formula is C12H18N2O2. The van der Waals surface area contributed by atoms with Crippen molar-refractivity contribution in [1.82, 2.24) is 4.90 Å². The Hall–Kier alpha value is -1.29. The fourth-order valence-electron chi connectivity index (χ4n) is 2.13. The van der Waals surface area contributed by atoms with Crippen molar-refractivity contribution >= 4 is 5.91 Å². The first-order chi connectivity index (χ1) is 7.70. The molecule has 1 saturated heterocycles. The van der Waals surface area contributed by atoms with Crippen molar-refractivity contribution in [1.29, 1.82) is 0 Å². The molecule has 16 heavy (non-hydrogen) atoms. The fourth-order valence-corrected chi connectivity index (χ4v) is 2.13. The highest BCUT2D eigenvalue weighted by atomic mass is 16.4. The van der Waals surface area contributed by atoms with E-state index in [1.54, 1.807) is 12.1 Å². The minimum Gasteiger partial charge on any atom is -0.455 e. The summed E-state index contributed by atoms with van der Waals surface area (Å²) in [5.74, 6) is 1.65. The van der Waals surface area contributed by atoms with Gasteiger partial charge in [-0.25, -0.2) is 0 Å². The van der Waals surface area contributed by atoms with Gasteiger partial charge in [0.05, 0.1) is 6.54 Å². The van der Waals surface area contributed by atoms with Crippen LogP contribution in [0.4, 0.5) is 0 Å². The smallest absolute Gasteiger partial charge is 0.289 e. The number of carbonyl (C=O) groups excluding carboxylic acids is 1. The predicted molar refractivity (Wildman–Crippen MR) is 60.9 cm³/mol. The van der Waals surface area contributed by atoms with Crippen LogP contribution in [-0.4, -0.2) is 23.9 Å². The summed E-state index contributed by atoms with van der Waals surface area (Å²) in [6.45, 7) is 4.18. The topological polar surface area (TPSA) is 59.5 Å². The lowest BCUT2D eigenvalue weighted by atomic mass is 10.0. The van der Waals surface area contributed by atoms with Gasteiger partial charge < -0.3 is 15.1 Å². The Morgan fingerprint density at radius 1 is 1.62 bits per heavy atom. The van der Waals surface area contributed by atoms with E-state index in [1.165, 1.54) is 6.42 Å². The van der Waals surface area contributed by atoms with Crippen LogP contribution in [0.5, 0.6) is 0 Å². The van der Waals surface area contributed by atoms with E-state index in [4.69, 9.17) is 10.2 Å². The van der Waals surface area contributed by atoms with Crippen LogP contribution in [0.25, 0.3) is 0 Å². The molecule has 88 valence electrons. The highest BCUT2D eigenvalue weighted by Crippen LogP contribution is 2.18. The Morgan fingerprint density at radius 3 is 3.06 bits per heavy atom. The van der Waals surface area contributed by atoms with Gasteiger partial charge >= 0.3 is 0 Å². The van der Waals surface area contributed by atoms with Crippen molar-refractivity contribution in [3.05, 3.63) is 23.7 Å². The molecule has 1 aromatic heterocycles. The first kappa shape index (κ1) is 11.2. The van der Waals surface area contributed by atoms with Gasteiger partial charge in [0.1, 0.15) is 5.76 Å². The molecule has 1 aliphatic heterocycles. The summed E-state index contributed by atoms with van der Waals surface area (Å²) in [4.78, 5) is 13.9. The molecule has 1 aliphatic rings. The molecule has 4 heteroatoms. The van der Waals surface area contributed by atoms with Crippen LogP contribution < -0.4 is 5.73 Å². The molecule has 0 bridgehead atoms. The quantitative estimate of drug-likeness (QED) is 0.827. The zero-order valence-electron chi connectivity index (χ0n) is 9.61. The third-order valence-corrected chi connectivity index (χ3v) is 3.02. The summed E-state index contributed by atoms with van der Waals surface area (Å²) in [5, 5.41) is 0. The third-order valence-electron chi connectivity index (χ3n) is 3.02. The predicted octanol–water partition coefficient (Wildman–Crippen LogP) is 1.61. The molecule has 0 spiro atoms. The van der Waals surface area contributed by atoms with Crippen LogP contribution >= 0.6 is 0 Å². The van der Waals surface area contributed by atoms with E-state index < -0.39 is 0 Å². The molecule has 1 aromatic rings. The van der Waals surface area contributed by atoms with E-state index in [-0.39, 0.29) is 5.91 Å². The van der Waals surface area contributed by atoms with Crippen LogP contribution in [0.15, 0.2) is 16.5 Å². The van der Waals surface area contributed by atoms with Gasteiger partial charge in [-0.3, -0.25) is 4.79 Å². The van der Waals surface area contributed by atoms with Crippen LogP contribution in [0.1, 0.15) is 36.1 Å². The Balaban J connectivity index is 2.06. The van der Waals surface area contributed by atoms with Gasteiger partial charge in [0, 0.05) is 13.1 Å². The highest BCUT2D eigenvalue weighted by molar-refractivity contribution is 5.91. The molecule has 1 unspecified atom stereocenters. The van der Waals surface area contributed by atoms with Gasteiger partial charge in [0.25, 0.3) is 5.91 Å². The summed E-state index contributed by atoms with van der Waals surface area (Å²) >= 11 is 0. The largest absolute Gasteiger partial charge is 0.455 e. The molecule has 2 N–H and O–H groups in total. The Kier molecular flexibility index (Phi) is 3.29. The molecule has 1 fully saturated rings. The van der Waals surface area contributed by atoms with Crippen molar-refractivity contribution in [2.24, 2.45) is 11.7 Å². The van der Waals surface area contributed by atoms with E-state index in [2.05, 4.69) is 6.92 Å². The Bertz CT molecular complexity index is 373. The molecule has 0 radical (unpaired) electrons. The molecule has 0 aliphatic carbocycles. The van der Waals surface area contributed by atoms with Gasteiger partial charge in [-0.15, -0.1) is 0 Å². The summed E-state index contributed by atoms with van der Waals surface area (Å²) in [7, 11) is 0. The number of rotatable bonds is 2. The number of piperidine rings is 1. The second-order valence-electron chi connectivity index (χ2n) is 4.47. The normalized spacial score (nSPS) is 21.1. The number of hydrogen-bond donors (Lipinski definition) is 1. The molecule has 1 atom stereocenters. The lowest BCUT2D eigenvalue weighted by Crippen LogP contribution is -2.38. The number of carbonyl (C=O) groups is 1. The summed E-state index contributed by atoms with van der Waals surface area (Å²) in [6, 6.07) is 3.48. The molecule has 4 nitrogen and oxygen atoms in total. The molecule has 2 rings (SSSR count). The zero-order chi connectivity index (χ0) is 11.5. The summed E-state index contributed by atoms with van der Waals surface area (Å²) in [6.07, 6.45) is 2.29. The third kappa shape index (κ3) is 2.27. The van der Waals surface area contributed by atoms with E-state index >= 15 is 0 Å². The molecule has 0 saturated carbocycles. The van der Waals surface area contributed by atoms with Crippen molar-refractivity contribution in [2.75, 3.05) is 13.1 Å². The number of hydrogen-bond acceptors (Lipinski definition) is 3. The minimum atomic E-state index is -0.00810. The fraction of sp³-hybridized carbons (Fsp3) is 0.583. The van der Waals surface area contributed by atoms with E-state index in [0.717, 1.165) is 19.5 Å². The number of amides is 1. The standard InChI is InChI=1S/C12H18N2O2/c1-9-3-2-6-14(8-9)12(15)11-5-4-10(7-13)16-11/h4-5,9H,2-3,6-8,13H2,1H3. The average Bonchev–Trinajstić information content (AvgIpc) is 2.76. The zero-order valence-corrected chi connectivity index (χ0v) is 9.61. The SMILES string of the molecule is CC1CCCN(C(=O)c2ccc(CN)o2)C1. The number of nitrogens with zero attached hydrogens (tertiary/aromatic N) is 1. The number of likely N-dealkylation sites (tertiary alicyclic amines) is 1. The molecule has 1 amide bonds. The van der Waals surface area contributed by atoms with Crippen LogP contribution in [-0.2, 0) is 6.54 Å². The maximum Gasteiger partial charge on any atom is 0.289 e. The van der Waals surface area contributed by atoms with Gasteiger partial charge in [-0.2, -0.15) is 0 Å².